The van der Waals surface area contributed by atoms with E-state index in [0.717, 1.165) is 36.0 Å². The lowest BCUT2D eigenvalue weighted by molar-refractivity contribution is 0.682. The average Bonchev–Trinajstić information content (AvgIpc) is 3.01. The summed E-state index contributed by atoms with van der Waals surface area (Å²) in [5.41, 5.74) is 1.11. The molecule has 1 atom stereocenters. The zero-order chi connectivity index (χ0) is 17.9. The smallest absolute Gasteiger partial charge is 0.191 e. The van der Waals surface area contributed by atoms with Crippen molar-refractivity contribution in [3.63, 3.8) is 0 Å². The van der Waals surface area contributed by atoms with Crippen LogP contribution in [0.2, 0.25) is 0 Å². The maximum Gasteiger partial charge on any atom is 0.191 e. The second-order valence-electron chi connectivity index (χ2n) is 5.58. The Hall–Kier alpha value is -1.00. The summed E-state index contributed by atoms with van der Waals surface area (Å²) >= 11 is 1.72. The summed E-state index contributed by atoms with van der Waals surface area (Å²) in [7, 11) is -0.895. The molecule has 1 unspecified atom stereocenters. The zero-order valence-electron chi connectivity index (χ0n) is 15.2. The maximum absolute atomic E-state index is 12.1. The Morgan fingerprint density at radius 3 is 2.69 bits per heavy atom. The Kier molecular flexibility index (Phi) is 11.7. The number of aliphatic imine (C=N–C) groups is 1. The summed E-state index contributed by atoms with van der Waals surface area (Å²) in [4.78, 5) is 10.1. The number of rotatable bonds is 9. The first-order valence-electron chi connectivity index (χ1n) is 8.49. The topological polar surface area (TPSA) is 66.4 Å². The van der Waals surface area contributed by atoms with Crippen molar-refractivity contribution in [1.29, 1.82) is 0 Å². The fourth-order valence-corrected chi connectivity index (χ4v) is 4.03. The number of nitrogens with one attached hydrogen (secondary N) is 2. The Labute approximate surface area is 179 Å². The Bertz CT molecular complexity index is 692. The van der Waals surface area contributed by atoms with Gasteiger partial charge in [0.2, 0.25) is 0 Å². The highest BCUT2D eigenvalue weighted by molar-refractivity contribution is 14.0. The van der Waals surface area contributed by atoms with E-state index in [0.29, 0.717) is 18.1 Å². The third-order valence-corrected chi connectivity index (χ3v) is 5.67. The van der Waals surface area contributed by atoms with E-state index in [1.54, 1.807) is 11.3 Å². The molecule has 0 amide bonds. The van der Waals surface area contributed by atoms with Crippen LogP contribution in [0.15, 0.2) is 41.5 Å². The molecule has 0 fully saturated rings. The molecular weight excluding hydrogens is 479 g/mol. The van der Waals surface area contributed by atoms with Crippen molar-refractivity contribution in [2.75, 3.05) is 25.4 Å². The van der Waals surface area contributed by atoms with E-state index < -0.39 is 10.8 Å². The Balaban J connectivity index is 0.00000338. The summed E-state index contributed by atoms with van der Waals surface area (Å²) in [5.74, 6) is 1.92. The van der Waals surface area contributed by atoms with E-state index in [-0.39, 0.29) is 24.0 Å². The lowest BCUT2D eigenvalue weighted by Gasteiger charge is -2.10. The molecule has 0 spiro atoms. The first kappa shape index (κ1) is 23.0. The second kappa shape index (κ2) is 13.2. The number of hydrogen-bond acceptors (Lipinski definition) is 4. The summed E-state index contributed by atoms with van der Waals surface area (Å²) in [6.45, 7) is 6.23. The van der Waals surface area contributed by atoms with Gasteiger partial charge in [0.15, 0.2) is 5.96 Å². The molecular formula is C18H27IN4OS2. The SMILES string of the molecule is CCNC(=NCCS(=O)Cc1ccccc1)NCCc1ncc(C)s1.I. The zero-order valence-corrected chi connectivity index (χ0v) is 19.2. The monoisotopic (exact) mass is 506 g/mol. The Morgan fingerprint density at radius 2 is 2.04 bits per heavy atom. The van der Waals surface area contributed by atoms with Crippen LogP contribution in [-0.2, 0) is 23.0 Å². The number of benzene rings is 1. The fourth-order valence-electron chi connectivity index (χ4n) is 2.24. The van der Waals surface area contributed by atoms with Crippen LogP contribution < -0.4 is 10.6 Å². The molecule has 26 heavy (non-hydrogen) atoms. The van der Waals surface area contributed by atoms with Crippen molar-refractivity contribution in [3.8, 4) is 0 Å². The van der Waals surface area contributed by atoms with Gasteiger partial charge in [0.25, 0.3) is 0 Å². The molecule has 0 aliphatic carbocycles. The Morgan fingerprint density at radius 1 is 1.27 bits per heavy atom. The third kappa shape index (κ3) is 9.09. The van der Waals surface area contributed by atoms with Gasteiger partial charge in [0.05, 0.1) is 11.6 Å². The summed E-state index contributed by atoms with van der Waals surface area (Å²) in [5, 5.41) is 7.66. The quantitative estimate of drug-likeness (QED) is 0.312. The van der Waals surface area contributed by atoms with Crippen LogP contribution in [-0.4, -0.2) is 40.5 Å². The van der Waals surface area contributed by atoms with Gasteiger partial charge >= 0.3 is 0 Å². The van der Waals surface area contributed by atoms with E-state index in [9.17, 15) is 4.21 Å². The van der Waals surface area contributed by atoms with E-state index in [2.05, 4.69) is 27.5 Å². The van der Waals surface area contributed by atoms with Crippen LogP contribution in [0.3, 0.4) is 0 Å². The van der Waals surface area contributed by atoms with Gasteiger partial charge in [-0.25, -0.2) is 4.98 Å². The van der Waals surface area contributed by atoms with Gasteiger partial charge in [-0.3, -0.25) is 9.20 Å². The highest BCUT2D eigenvalue weighted by Gasteiger charge is 2.03. The number of thiazole rings is 1. The second-order valence-corrected chi connectivity index (χ2v) is 8.47. The largest absolute Gasteiger partial charge is 0.357 e. The molecule has 8 heteroatoms. The first-order valence-corrected chi connectivity index (χ1v) is 10.8. The van der Waals surface area contributed by atoms with Gasteiger partial charge in [-0.05, 0) is 19.4 Å². The molecule has 0 saturated carbocycles. The molecule has 1 aromatic heterocycles. The molecule has 1 aromatic carbocycles. The normalized spacial score (nSPS) is 12.3. The number of nitrogens with zero attached hydrogens (tertiary/aromatic N) is 2. The number of hydrogen-bond donors (Lipinski definition) is 2. The lowest BCUT2D eigenvalue weighted by atomic mass is 10.2. The van der Waals surface area contributed by atoms with Gasteiger partial charge in [0.1, 0.15) is 0 Å². The first-order chi connectivity index (χ1) is 12.2. The molecule has 5 nitrogen and oxygen atoms in total. The van der Waals surface area contributed by atoms with Crippen LogP contribution in [0.4, 0.5) is 0 Å². The number of guanidine groups is 1. The molecule has 0 bridgehead atoms. The molecule has 144 valence electrons. The van der Waals surface area contributed by atoms with Crippen LogP contribution in [0, 0.1) is 6.92 Å². The molecule has 0 aliphatic heterocycles. The minimum atomic E-state index is -0.895. The van der Waals surface area contributed by atoms with Gasteiger partial charge < -0.3 is 10.6 Å². The molecule has 0 saturated heterocycles. The maximum atomic E-state index is 12.1. The molecule has 2 aromatic rings. The van der Waals surface area contributed by atoms with Crippen molar-refractivity contribution in [3.05, 3.63) is 52.0 Å². The van der Waals surface area contributed by atoms with Crippen LogP contribution in [0.5, 0.6) is 0 Å². The number of aryl methyl sites for hydroxylation is 1. The van der Waals surface area contributed by atoms with Crippen molar-refractivity contribution in [2.45, 2.75) is 26.0 Å². The van der Waals surface area contributed by atoms with Crippen molar-refractivity contribution in [1.82, 2.24) is 15.6 Å². The fraction of sp³-hybridized carbons (Fsp3) is 0.444. The van der Waals surface area contributed by atoms with E-state index in [4.69, 9.17) is 0 Å². The molecule has 0 aliphatic rings. The molecule has 2 rings (SSSR count). The van der Waals surface area contributed by atoms with E-state index in [1.165, 1.54) is 4.88 Å². The molecule has 1 heterocycles. The summed E-state index contributed by atoms with van der Waals surface area (Å²) < 4.78 is 12.1. The van der Waals surface area contributed by atoms with Gasteiger partial charge in [0, 0.05) is 52.9 Å². The van der Waals surface area contributed by atoms with Crippen molar-refractivity contribution < 1.29 is 4.21 Å². The molecule has 2 N–H and O–H groups in total. The lowest BCUT2D eigenvalue weighted by Crippen LogP contribution is -2.38. The van der Waals surface area contributed by atoms with Crippen molar-refractivity contribution >= 4 is 52.1 Å². The minimum absolute atomic E-state index is 0. The number of halogens is 1. The highest BCUT2D eigenvalue weighted by atomic mass is 127. The minimum Gasteiger partial charge on any atom is -0.357 e. The van der Waals surface area contributed by atoms with Crippen LogP contribution >= 0.6 is 35.3 Å². The van der Waals surface area contributed by atoms with Gasteiger partial charge in [-0.2, -0.15) is 0 Å². The van der Waals surface area contributed by atoms with E-state index in [1.807, 2.05) is 43.5 Å². The average molecular weight is 506 g/mol. The predicted molar refractivity (Wildman–Crippen MR) is 123 cm³/mol. The van der Waals surface area contributed by atoms with Crippen LogP contribution in [0.25, 0.3) is 0 Å². The highest BCUT2D eigenvalue weighted by Crippen LogP contribution is 2.10. The van der Waals surface area contributed by atoms with Gasteiger partial charge in [-0.15, -0.1) is 35.3 Å². The summed E-state index contributed by atoms with van der Waals surface area (Å²) in [6, 6.07) is 9.93. The summed E-state index contributed by atoms with van der Waals surface area (Å²) in [6.07, 6.45) is 2.78. The molecule has 0 radical (unpaired) electrons. The predicted octanol–water partition coefficient (Wildman–Crippen LogP) is 3.12. The van der Waals surface area contributed by atoms with E-state index >= 15 is 0 Å². The third-order valence-electron chi connectivity index (χ3n) is 3.40. The van der Waals surface area contributed by atoms with Crippen molar-refractivity contribution in [2.24, 2.45) is 4.99 Å². The van der Waals surface area contributed by atoms with Crippen LogP contribution in [0.1, 0.15) is 22.4 Å². The van der Waals surface area contributed by atoms with Gasteiger partial charge in [-0.1, -0.05) is 30.3 Å². The number of aromatic nitrogens is 1. The standard InChI is InChI=1S/C18H26N4OS2.HI/c1-3-19-18(20-10-9-17-22-13-15(2)24-17)21-11-12-25(23)14-16-7-5-4-6-8-16;/h4-8,13H,3,9-12,14H2,1-2H3,(H2,19,20,21);1H.